The van der Waals surface area contributed by atoms with Gasteiger partial charge in [-0.05, 0) is 49.6 Å². The van der Waals surface area contributed by atoms with E-state index in [1.54, 1.807) is 0 Å². The Balaban J connectivity index is 1.47. The summed E-state index contributed by atoms with van der Waals surface area (Å²) in [7, 11) is 0. The van der Waals surface area contributed by atoms with Crippen LogP contribution in [0.5, 0.6) is 0 Å². The molecule has 2 aromatic carbocycles. The van der Waals surface area contributed by atoms with Gasteiger partial charge in [-0.15, -0.1) is 5.10 Å². The summed E-state index contributed by atoms with van der Waals surface area (Å²) in [6, 6.07) is 24.1. The molecular weight excluding hydrogens is 360 g/mol. The van der Waals surface area contributed by atoms with E-state index in [0.717, 1.165) is 48.7 Å². The van der Waals surface area contributed by atoms with Crippen molar-refractivity contribution in [2.45, 2.75) is 26.3 Å². The van der Waals surface area contributed by atoms with E-state index in [-0.39, 0.29) is 11.8 Å². The molecule has 0 aliphatic carbocycles. The summed E-state index contributed by atoms with van der Waals surface area (Å²) in [6.45, 7) is 4.17. The second-order valence-corrected chi connectivity index (χ2v) is 7.54. The second-order valence-electron chi connectivity index (χ2n) is 7.54. The summed E-state index contributed by atoms with van der Waals surface area (Å²) >= 11 is 0. The zero-order valence-electron chi connectivity index (χ0n) is 16.7. The number of carbonyl (C=O) groups is 1. The summed E-state index contributed by atoms with van der Waals surface area (Å²) in [6.07, 6.45) is 1.65. The van der Waals surface area contributed by atoms with Crippen molar-refractivity contribution in [3.63, 3.8) is 0 Å². The van der Waals surface area contributed by atoms with Gasteiger partial charge in [-0.1, -0.05) is 48.5 Å². The minimum Gasteiger partial charge on any atom is -0.355 e. The fourth-order valence-corrected chi connectivity index (χ4v) is 3.81. The topological polar surface area (TPSA) is 49.3 Å². The average Bonchev–Trinajstić information content (AvgIpc) is 2.79. The van der Waals surface area contributed by atoms with Gasteiger partial charge in [0, 0.05) is 24.7 Å². The van der Waals surface area contributed by atoms with Crippen molar-refractivity contribution in [2.24, 2.45) is 5.92 Å². The Hall–Kier alpha value is -3.21. The monoisotopic (exact) mass is 386 g/mol. The molecule has 0 bridgehead atoms. The van der Waals surface area contributed by atoms with Crippen LogP contribution in [0, 0.1) is 12.8 Å². The number of benzene rings is 2. The third-order valence-corrected chi connectivity index (χ3v) is 5.47. The number of piperidine rings is 1. The highest BCUT2D eigenvalue weighted by molar-refractivity contribution is 5.95. The van der Waals surface area contributed by atoms with E-state index in [1.165, 1.54) is 0 Å². The van der Waals surface area contributed by atoms with Crippen molar-refractivity contribution in [3.05, 3.63) is 84.1 Å². The number of aryl methyl sites for hydroxylation is 1. The first-order valence-electron chi connectivity index (χ1n) is 10.2. The van der Waals surface area contributed by atoms with Gasteiger partial charge < -0.3 is 9.80 Å². The second kappa shape index (κ2) is 8.86. The highest BCUT2D eigenvalue weighted by atomic mass is 16.2. The third-order valence-electron chi connectivity index (χ3n) is 5.47. The van der Waals surface area contributed by atoms with Gasteiger partial charge in [0.05, 0.1) is 12.2 Å². The van der Waals surface area contributed by atoms with Crippen molar-refractivity contribution < 1.29 is 4.79 Å². The lowest BCUT2D eigenvalue weighted by Gasteiger charge is -2.34. The molecule has 1 aromatic heterocycles. The predicted molar refractivity (Wildman–Crippen MR) is 116 cm³/mol. The number of para-hydroxylation sites is 1. The van der Waals surface area contributed by atoms with E-state index in [0.29, 0.717) is 6.54 Å². The Labute approximate surface area is 172 Å². The number of anilines is 2. The number of aromatic nitrogens is 2. The predicted octanol–water partition coefficient (Wildman–Crippen LogP) is 4.23. The highest BCUT2D eigenvalue weighted by Gasteiger charge is 2.30. The van der Waals surface area contributed by atoms with Crippen molar-refractivity contribution in [1.82, 2.24) is 10.2 Å². The minimum absolute atomic E-state index is 0.0218. The Morgan fingerprint density at radius 1 is 0.931 bits per heavy atom. The van der Waals surface area contributed by atoms with Gasteiger partial charge in [0.1, 0.15) is 0 Å². The molecule has 4 rings (SSSR count). The molecule has 0 saturated carbocycles. The third kappa shape index (κ3) is 4.62. The number of hydrogen-bond donors (Lipinski definition) is 0. The van der Waals surface area contributed by atoms with Gasteiger partial charge in [-0.3, -0.25) is 4.79 Å². The van der Waals surface area contributed by atoms with Gasteiger partial charge in [-0.25, -0.2) is 0 Å². The summed E-state index contributed by atoms with van der Waals surface area (Å²) in [5.74, 6) is 1.12. The fourth-order valence-electron chi connectivity index (χ4n) is 3.81. The molecule has 29 heavy (non-hydrogen) atoms. The SMILES string of the molecule is Cc1ccc(N2CCC(C(=O)N(Cc3ccccc3)c3ccccc3)CC2)nn1. The van der Waals surface area contributed by atoms with Crippen LogP contribution in [-0.2, 0) is 11.3 Å². The quantitative estimate of drug-likeness (QED) is 0.658. The van der Waals surface area contributed by atoms with E-state index < -0.39 is 0 Å². The first kappa shape index (κ1) is 19.1. The Kier molecular flexibility index (Phi) is 5.84. The molecule has 1 aliphatic heterocycles. The number of nitrogens with zero attached hydrogens (tertiary/aromatic N) is 4. The molecule has 0 radical (unpaired) electrons. The van der Waals surface area contributed by atoms with Crippen molar-refractivity contribution in [3.8, 4) is 0 Å². The molecule has 3 aromatic rings. The molecule has 5 nitrogen and oxygen atoms in total. The largest absolute Gasteiger partial charge is 0.355 e. The molecule has 1 amide bonds. The number of amides is 1. The Morgan fingerprint density at radius 3 is 2.21 bits per heavy atom. The molecule has 2 heterocycles. The Morgan fingerprint density at radius 2 is 1.59 bits per heavy atom. The molecule has 5 heteroatoms. The lowest BCUT2D eigenvalue weighted by molar-refractivity contribution is -0.123. The van der Waals surface area contributed by atoms with Gasteiger partial charge in [0.15, 0.2) is 5.82 Å². The number of carbonyl (C=O) groups excluding carboxylic acids is 1. The molecule has 1 saturated heterocycles. The standard InChI is InChI=1S/C24H26N4O/c1-19-12-13-23(26-25-19)27-16-14-21(15-17-27)24(29)28(22-10-6-3-7-11-22)18-20-8-4-2-5-9-20/h2-13,21H,14-18H2,1H3. The summed E-state index contributed by atoms with van der Waals surface area (Å²) in [5.41, 5.74) is 3.00. The van der Waals surface area contributed by atoms with Gasteiger partial charge in [0.2, 0.25) is 5.91 Å². The van der Waals surface area contributed by atoms with Crippen LogP contribution < -0.4 is 9.80 Å². The fraction of sp³-hybridized carbons (Fsp3) is 0.292. The van der Waals surface area contributed by atoms with Crippen molar-refractivity contribution >= 4 is 17.4 Å². The van der Waals surface area contributed by atoms with Crippen LogP contribution >= 0.6 is 0 Å². The summed E-state index contributed by atoms with van der Waals surface area (Å²) in [4.78, 5) is 17.6. The van der Waals surface area contributed by atoms with Crippen LogP contribution in [0.25, 0.3) is 0 Å². The molecule has 148 valence electrons. The van der Waals surface area contributed by atoms with Crippen LogP contribution in [0.2, 0.25) is 0 Å². The normalized spacial score (nSPS) is 14.6. The maximum Gasteiger partial charge on any atom is 0.230 e. The molecule has 0 spiro atoms. The van der Waals surface area contributed by atoms with Crippen molar-refractivity contribution in [2.75, 3.05) is 22.9 Å². The maximum atomic E-state index is 13.5. The van der Waals surface area contributed by atoms with Gasteiger partial charge in [-0.2, -0.15) is 5.10 Å². The molecule has 0 unspecified atom stereocenters. The Bertz CT molecular complexity index is 920. The number of hydrogen-bond acceptors (Lipinski definition) is 4. The zero-order valence-corrected chi connectivity index (χ0v) is 16.7. The lowest BCUT2D eigenvalue weighted by atomic mass is 9.94. The highest BCUT2D eigenvalue weighted by Crippen LogP contribution is 2.26. The molecular formula is C24H26N4O. The van der Waals surface area contributed by atoms with Crippen molar-refractivity contribution in [1.29, 1.82) is 0 Å². The molecule has 0 atom stereocenters. The van der Waals surface area contributed by atoms with E-state index >= 15 is 0 Å². The molecule has 1 fully saturated rings. The van der Waals surface area contributed by atoms with Crippen LogP contribution in [-0.4, -0.2) is 29.2 Å². The first-order valence-corrected chi connectivity index (χ1v) is 10.2. The average molecular weight is 386 g/mol. The van der Waals surface area contributed by atoms with E-state index in [2.05, 4.69) is 27.2 Å². The van der Waals surface area contributed by atoms with Gasteiger partial charge >= 0.3 is 0 Å². The first-order chi connectivity index (χ1) is 14.2. The molecule has 1 aliphatic rings. The van der Waals surface area contributed by atoms with Crippen LogP contribution in [0.3, 0.4) is 0 Å². The lowest BCUT2D eigenvalue weighted by Crippen LogP contribution is -2.42. The minimum atomic E-state index is 0.0218. The van der Waals surface area contributed by atoms with Crippen LogP contribution in [0.15, 0.2) is 72.8 Å². The number of rotatable bonds is 5. The van der Waals surface area contributed by atoms with E-state index in [9.17, 15) is 4.79 Å². The summed E-state index contributed by atoms with van der Waals surface area (Å²) in [5, 5.41) is 8.45. The zero-order chi connectivity index (χ0) is 20.1. The van der Waals surface area contributed by atoms with E-state index in [1.807, 2.05) is 72.5 Å². The smallest absolute Gasteiger partial charge is 0.230 e. The van der Waals surface area contributed by atoms with Gasteiger partial charge in [0.25, 0.3) is 0 Å². The maximum absolute atomic E-state index is 13.5. The molecule has 0 N–H and O–H groups in total. The van der Waals surface area contributed by atoms with Crippen LogP contribution in [0.1, 0.15) is 24.1 Å². The van der Waals surface area contributed by atoms with Crippen LogP contribution in [0.4, 0.5) is 11.5 Å². The van der Waals surface area contributed by atoms with E-state index in [4.69, 9.17) is 0 Å². The summed E-state index contributed by atoms with van der Waals surface area (Å²) < 4.78 is 0.